The maximum absolute atomic E-state index is 13.1. The van der Waals surface area contributed by atoms with E-state index < -0.39 is 0 Å². The van der Waals surface area contributed by atoms with E-state index in [1.54, 1.807) is 12.2 Å². The van der Waals surface area contributed by atoms with E-state index in [2.05, 4.69) is 18.7 Å². The molecule has 1 amide bonds. The molecule has 0 saturated carbocycles. The fourth-order valence-corrected chi connectivity index (χ4v) is 3.87. The molecule has 2 atom stereocenters. The number of nitrogens with zero attached hydrogens (tertiary/aromatic N) is 2. The first-order valence-corrected chi connectivity index (χ1v) is 9.94. The Bertz CT molecular complexity index is 865. The summed E-state index contributed by atoms with van der Waals surface area (Å²) in [4.78, 5) is 17.0. The van der Waals surface area contributed by atoms with E-state index in [0.717, 1.165) is 29.8 Å². The van der Waals surface area contributed by atoms with Gasteiger partial charge in [0.05, 0.1) is 0 Å². The van der Waals surface area contributed by atoms with Gasteiger partial charge in [0, 0.05) is 42.8 Å². The average molecular weight is 401 g/mol. The molecule has 1 heterocycles. The molecular formula is C23H26ClFN2O. The van der Waals surface area contributed by atoms with Gasteiger partial charge in [0.15, 0.2) is 0 Å². The Labute approximate surface area is 171 Å². The highest BCUT2D eigenvalue weighted by molar-refractivity contribution is 6.32. The van der Waals surface area contributed by atoms with Crippen molar-refractivity contribution < 1.29 is 9.18 Å². The van der Waals surface area contributed by atoms with Crippen LogP contribution in [0, 0.1) is 12.7 Å². The molecule has 2 aromatic rings. The predicted octanol–water partition coefficient (Wildman–Crippen LogP) is 4.92. The van der Waals surface area contributed by atoms with Crippen molar-refractivity contribution in [1.82, 2.24) is 9.80 Å². The average Bonchev–Trinajstić information content (AvgIpc) is 2.65. The third kappa shape index (κ3) is 5.00. The first kappa shape index (κ1) is 20.6. The first-order valence-electron chi connectivity index (χ1n) is 9.57. The second-order valence-corrected chi connectivity index (χ2v) is 8.01. The Kier molecular flexibility index (Phi) is 6.53. The van der Waals surface area contributed by atoms with Gasteiger partial charge in [-0.25, -0.2) is 4.39 Å². The van der Waals surface area contributed by atoms with E-state index in [9.17, 15) is 9.18 Å². The van der Waals surface area contributed by atoms with E-state index in [1.165, 1.54) is 12.1 Å². The number of amides is 1. The SMILES string of the molecule is Cc1ccc(C=CC(=O)N2CC(C)N(Cc3ccc(F)cc3)CC2C)c(Cl)c1. The molecule has 0 N–H and O–H groups in total. The third-order valence-corrected chi connectivity index (χ3v) is 5.59. The molecule has 0 aromatic heterocycles. The van der Waals surface area contributed by atoms with Crippen molar-refractivity contribution in [2.24, 2.45) is 0 Å². The van der Waals surface area contributed by atoms with Gasteiger partial charge >= 0.3 is 0 Å². The zero-order valence-electron chi connectivity index (χ0n) is 16.5. The van der Waals surface area contributed by atoms with E-state index in [0.29, 0.717) is 11.6 Å². The lowest BCUT2D eigenvalue weighted by Crippen LogP contribution is -2.57. The molecule has 5 heteroatoms. The monoisotopic (exact) mass is 400 g/mol. The summed E-state index contributed by atoms with van der Waals surface area (Å²) in [5, 5.41) is 0.648. The molecule has 0 radical (unpaired) electrons. The van der Waals surface area contributed by atoms with Gasteiger partial charge < -0.3 is 4.90 Å². The Hall–Kier alpha value is -2.17. The normalized spacial score (nSPS) is 20.7. The lowest BCUT2D eigenvalue weighted by Gasteiger charge is -2.44. The van der Waals surface area contributed by atoms with Gasteiger partial charge in [-0.2, -0.15) is 0 Å². The topological polar surface area (TPSA) is 23.6 Å². The van der Waals surface area contributed by atoms with Crippen LogP contribution >= 0.6 is 11.6 Å². The summed E-state index contributed by atoms with van der Waals surface area (Å²) in [6.07, 6.45) is 3.39. The first-order chi connectivity index (χ1) is 13.3. The number of aryl methyl sites for hydroxylation is 1. The van der Waals surface area contributed by atoms with Crippen LogP contribution in [-0.2, 0) is 11.3 Å². The largest absolute Gasteiger partial charge is 0.334 e. The molecule has 1 fully saturated rings. The summed E-state index contributed by atoms with van der Waals surface area (Å²) in [7, 11) is 0. The second-order valence-electron chi connectivity index (χ2n) is 7.60. The zero-order chi connectivity index (χ0) is 20.3. The number of piperazine rings is 1. The van der Waals surface area contributed by atoms with Gasteiger partial charge in [0.2, 0.25) is 5.91 Å². The summed E-state index contributed by atoms with van der Waals surface area (Å²) in [5.41, 5.74) is 3.01. The van der Waals surface area contributed by atoms with Gasteiger partial charge in [-0.15, -0.1) is 0 Å². The van der Waals surface area contributed by atoms with Crippen LogP contribution in [0.3, 0.4) is 0 Å². The van der Waals surface area contributed by atoms with Crippen LogP contribution in [0.15, 0.2) is 48.5 Å². The van der Waals surface area contributed by atoms with Crippen LogP contribution in [0.1, 0.15) is 30.5 Å². The van der Waals surface area contributed by atoms with Crippen molar-refractivity contribution in [3.05, 3.63) is 76.1 Å². The van der Waals surface area contributed by atoms with E-state index in [1.807, 2.05) is 42.2 Å². The molecule has 2 aromatic carbocycles. The van der Waals surface area contributed by atoms with Gasteiger partial charge in [-0.05, 0) is 61.7 Å². The molecule has 1 saturated heterocycles. The molecule has 148 valence electrons. The predicted molar refractivity (Wildman–Crippen MR) is 113 cm³/mol. The summed E-state index contributed by atoms with van der Waals surface area (Å²) >= 11 is 6.25. The van der Waals surface area contributed by atoms with Gasteiger partial charge in [-0.1, -0.05) is 35.9 Å². The van der Waals surface area contributed by atoms with E-state index in [4.69, 9.17) is 11.6 Å². The van der Waals surface area contributed by atoms with Crippen LogP contribution in [0.5, 0.6) is 0 Å². The Morgan fingerprint density at radius 3 is 2.54 bits per heavy atom. The number of hydrogen-bond acceptors (Lipinski definition) is 2. The Morgan fingerprint density at radius 1 is 1.14 bits per heavy atom. The summed E-state index contributed by atoms with van der Waals surface area (Å²) in [5.74, 6) is -0.224. The maximum Gasteiger partial charge on any atom is 0.246 e. The van der Waals surface area contributed by atoms with Gasteiger partial charge in [0.1, 0.15) is 5.82 Å². The van der Waals surface area contributed by atoms with Crippen molar-refractivity contribution in [1.29, 1.82) is 0 Å². The number of benzene rings is 2. The molecule has 0 spiro atoms. The van der Waals surface area contributed by atoms with Crippen molar-refractivity contribution in [2.45, 2.75) is 39.4 Å². The van der Waals surface area contributed by atoms with Crippen LogP contribution in [0.2, 0.25) is 5.02 Å². The molecule has 1 aliphatic rings. The highest BCUT2D eigenvalue weighted by atomic mass is 35.5. The molecule has 28 heavy (non-hydrogen) atoms. The van der Waals surface area contributed by atoms with Crippen molar-refractivity contribution in [3.63, 3.8) is 0 Å². The minimum atomic E-state index is -0.221. The minimum absolute atomic E-state index is 0.00239. The standard InChI is InChI=1S/C23H26ClFN2O/c1-16-4-7-20(22(24)12-16)8-11-23(28)27-14-17(2)26(13-18(27)3)15-19-5-9-21(25)10-6-19/h4-12,17-18H,13-15H2,1-3H3. The van der Waals surface area contributed by atoms with Gasteiger partial charge in [-0.3, -0.25) is 9.69 Å². The minimum Gasteiger partial charge on any atom is -0.334 e. The summed E-state index contributed by atoms with van der Waals surface area (Å²) in [6.45, 7) is 8.36. The molecule has 3 nitrogen and oxygen atoms in total. The van der Waals surface area contributed by atoms with Crippen LogP contribution in [0.25, 0.3) is 6.08 Å². The fraction of sp³-hybridized carbons (Fsp3) is 0.348. The number of carbonyl (C=O) groups excluding carboxylic acids is 1. The van der Waals surface area contributed by atoms with E-state index in [-0.39, 0.29) is 23.8 Å². The lowest BCUT2D eigenvalue weighted by atomic mass is 10.1. The smallest absolute Gasteiger partial charge is 0.246 e. The summed E-state index contributed by atoms with van der Waals surface area (Å²) in [6, 6.07) is 12.7. The number of hydrogen-bond donors (Lipinski definition) is 0. The Balaban J connectivity index is 1.63. The highest BCUT2D eigenvalue weighted by Crippen LogP contribution is 2.21. The quantitative estimate of drug-likeness (QED) is 0.680. The number of carbonyl (C=O) groups is 1. The van der Waals surface area contributed by atoms with Gasteiger partial charge in [0.25, 0.3) is 0 Å². The second kappa shape index (κ2) is 8.89. The van der Waals surface area contributed by atoms with Crippen LogP contribution in [0.4, 0.5) is 4.39 Å². The molecular weight excluding hydrogens is 375 g/mol. The van der Waals surface area contributed by atoms with Crippen LogP contribution in [-0.4, -0.2) is 40.9 Å². The van der Waals surface area contributed by atoms with Crippen molar-refractivity contribution in [2.75, 3.05) is 13.1 Å². The maximum atomic E-state index is 13.1. The molecule has 0 bridgehead atoms. The number of halogens is 2. The lowest BCUT2D eigenvalue weighted by molar-refractivity contribution is -0.131. The van der Waals surface area contributed by atoms with Crippen molar-refractivity contribution in [3.8, 4) is 0 Å². The molecule has 2 unspecified atom stereocenters. The zero-order valence-corrected chi connectivity index (χ0v) is 17.3. The highest BCUT2D eigenvalue weighted by Gasteiger charge is 2.30. The molecule has 0 aliphatic carbocycles. The third-order valence-electron chi connectivity index (χ3n) is 5.26. The van der Waals surface area contributed by atoms with Crippen molar-refractivity contribution >= 4 is 23.6 Å². The fourth-order valence-electron chi connectivity index (χ4n) is 3.57. The number of rotatable bonds is 4. The summed E-state index contributed by atoms with van der Waals surface area (Å²) < 4.78 is 13.1. The molecule has 1 aliphatic heterocycles. The van der Waals surface area contributed by atoms with Crippen LogP contribution < -0.4 is 0 Å². The van der Waals surface area contributed by atoms with E-state index >= 15 is 0 Å². The Morgan fingerprint density at radius 2 is 1.86 bits per heavy atom. The molecule has 3 rings (SSSR count).